The van der Waals surface area contributed by atoms with E-state index in [1.54, 1.807) is 0 Å². The number of rotatable bonds is 7. The predicted octanol–water partition coefficient (Wildman–Crippen LogP) is 0.952. The minimum Gasteiger partial charge on any atom is -0.480 e. The molecule has 0 saturated carbocycles. The van der Waals surface area contributed by atoms with E-state index in [1.807, 2.05) is 30.3 Å². The van der Waals surface area contributed by atoms with Gasteiger partial charge >= 0.3 is 5.97 Å². The molecule has 1 aromatic carbocycles. The van der Waals surface area contributed by atoms with Crippen molar-refractivity contribution in [3.8, 4) is 0 Å². The fourth-order valence-electron chi connectivity index (χ4n) is 1.77. The molecule has 2 rings (SSSR count). The van der Waals surface area contributed by atoms with E-state index in [0.29, 0.717) is 6.42 Å². The van der Waals surface area contributed by atoms with Crippen LogP contribution in [0, 0.1) is 0 Å². The highest BCUT2D eigenvalue weighted by atomic mass is 32.2. The molecule has 8 heteroatoms. The lowest BCUT2D eigenvalue weighted by molar-refractivity contribution is -0.137. The summed E-state index contributed by atoms with van der Waals surface area (Å²) in [6, 6.07) is 9.30. The van der Waals surface area contributed by atoms with Crippen molar-refractivity contribution in [2.24, 2.45) is 0 Å². The van der Waals surface area contributed by atoms with E-state index < -0.39 is 16.0 Å². The Labute approximate surface area is 122 Å². The second-order valence-corrected chi connectivity index (χ2v) is 6.32. The molecule has 0 aliphatic heterocycles. The Kier molecular flexibility index (Phi) is 4.59. The minimum absolute atomic E-state index is 0.0544. The molecule has 0 aliphatic rings. The standard InChI is InChI=1S/C13H15N3O4S/c17-13(18)10-16-9-12(8-14-16)15-21(19,20)7-6-11-4-2-1-3-5-11/h1-5,8-9,15H,6-7,10H2,(H,17,18). The Morgan fingerprint density at radius 2 is 2.00 bits per heavy atom. The molecular weight excluding hydrogens is 294 g/mol. The van der Waals surface area contributed by atoms with Gasteiger partial charge in [-0.3, -0.25) is 14.2 Å². The van der Waals surface area contributed by atoms with Gasteiger partial charge in [-0.2, -0.15) is 5.10 Å². The van der Waals surface area contributed by atoms with Crippen LogP contribution in [0.3, 0.4) is 0 Å². The summed E-state index contributed by atoms with van der Waals surface area (Å²) < 4.78 is 27.4. The summed E-state index contributed by atoms with van der Waals surface area (Å²) in [5, 5.41) is 12.4. The molecule has 0 fully saturated rings. The summed E-state index contributed by atoms with van der Waals surface area (Å²) in [5.74, 6) is -1.10. The fraction of sp³-hybridized carbons (Fsp3) is 0.231. The first-order chi connectivity index (χ1) is 9.94. The lowest BCUT2D eigenvalue weighted by Gasteiger charge is -2.05. The van der Waals surface area contributed by atoms with Crippen LogP contribution in [-0.2, 0) is 27.8 Å². The van der Waals surface area contributed by atoms with Crippen LogP contribution in [0.2, 0.25) is 0 Å². The number of carbonyl (C=O) groups is 1. The number of hydrogen-bond donors (Lipinski definition) is 2. The fourth-order valence-corrected chi connectivity index (χ4v) is 2.84. The highest BCUT2D eigenvalue weighted by Gasteiger charge is 2.12. The summed E-state index contributed by atoms with van der Waals surface area (Å²) in [7, 11) is -3.50. The minimum atomic E-state index is -3.50. The predicted molar refractivity (Wildman–Crippen MR) is 77.4 cm³/mol. The monoisotopic (exact) mass is 309 g/mol. The number of benzene rings is 1. The molecule has 21 heavy (non-hydrogen) atoms. The average Bonchev–Trinajstić information content (AvgIpc) is 2.83. The van der Waals surface area contributed by atoms with E-state index in [2.05, 4.69) is 9.82 Å². The lowest BCUT2D eigenvalue weighted by Crippen LogP contribution is -2.18. The Bertz CT molecular complexity index is 710. The molecule has 0 radical (unpaired) electrons. The summed E-state index contributed by atoms with van der Waals surface area (Å²) in [4.78, 5) is 10.5. The van der Waals surface area contributed by atoms with Crippen molar-refractivity contribution < 1.29 is 18.3 Å². The van der Waals surface area contributed by atoms with Crippen molar-refractivity contribution in [1.29, 1.82) is 0 Å². The van der Waals surface area contributed by atoms with Crippen LogP contribution in [0.15, 0.2) is 42.7 Å². The summed E-state index contributed by atoms with van der Waals surface area (Å²) in [6.45, 7) is -0.314. The van der Waals surface area contributed by atoms with Gasteiger partial charge in [-0.1, -0.05) is 30.3 Å². The molecule has 0 bridgehead atoms. The summed E-state index contributed by atoms with van der Waals surface area (Å²) >= 11 is 0. The molecular formula is C13H15N3O4S. The Morgan fingerprint density at radius 3 is 2.67 bits per heavy atom. The van der Waals surface area contributed by atoms with Crippen LogP contribution in [0.25, 0.3) is 0 Å². The number of aliphatic carboxylic acids is 1. The highest BCUT2D eigenvalue weighted by Crippen LogP contribution is 2.09. The van der Waals surface area contributed by atoms with E-state index in [-0.39, 0.29) is 18.0 Å². The number of sulfonamides is 1. The van der Waals surface area contributed by atoms with Crippen molar-refractivity contribution in [1.82, 2.24) is 9.78 Å². The Morgan fingerprint density at radius 1 is 1.29 bits per heavy atom. The van der Waals surface area contributed by atoms with Crippen molar-refractivity contribution in [2.45, 2.75) is 13.0 Å². The molecule has 1 heterocycles. The SMILES string of the molecule is O=C(O)Cn1cc(NS(=O)(=O)CCc2ccccc2)cn1. The third-order valence-corrected chi connectivity index (χ3v) is 3.99. The van der Waals surface area contributed by atoms with Crippen LogP contribution in [0.5, 0.6) is 0 Å². The van der Waals surface area contributed by atoms with E-state index >= 15 is 0 Å². The Hall–Kier alpha value is -2.35. The number of nitrogens with zero attached hydrogens (tertiary/aromatic N) is 2. The molecule has 0 amide bonds. The van der Waals surface area contributed by atoms with Gasteiger partial charge in [0.1, 0.15) is 6.54 Å². The molecule has 1 aromatic heterocycles. The van der Waals surface area contributed by atoms with Crippen molar-refractivity contribution in [3.05, 3.63) is 48.3 Å². The highest BCUT2D eigenvalue weighted by molar-refractivity contribution is 7.92. The zero-order valence-electron chi connectivity index (χ0n) is 11.1. The van der Waals surface area contributed by atoms with Crippen LogP contribution in [0.1, 0.15) is 5.56 Å². The lowest BCUT2D eigenvalue weighted by atomic mass is 10.2. The maximum absolute atomic E-state index is 11.9. The van der Waals surface area contributed by atoms with Crippen molar-refractivity contribution in [2.75, 3.05) is 10.5 Å². The maximum atomic E-state index is 11.9. The normalized spacial score (nSPS) is 11.2. The number of carboxylic acid groups (broad SMARTS) is 1. The molecule has 2 N–H and O–H groups in total. The molecule has 0 saturated heterocycles. The molecule has 112 valence electrons. The number of hydrogen-bond acceptors (Lipinski definition) is 4. The third-order valence-electron chi connectivity index (χ3n) is 2.71. The van der Waals surface area contributed by atoms with Gasteiger partial charge in [0.15, 0.2) is 0 Å². The van der Waals surface area contributed by atoms with Crippen LogP contribution < -0.4 is 4.72 Å². The number of nitrogens with one attached hydrogen (secondary N) is 1. The number of anilines is 1. The largest absolute Gasteiger partial charge is 0.480 e. The van der Waals surface area contributed by atoms with Gasteiger partial charge in [0.05, 0.1) is 17.6 Å². The van der Waals surface area contributed by atoms with Crippen LogP contribution >= 0.6 is 0 Å². The van der Waals surface area contributed by atoms with Gasteiger partial charge in [0.25, 0.3) is 0 Å². The molecule has 0 spiro atoms. The second-order valence-electron chi connectivity index (χ2n) is 4.48. The van der Waals surface area contributed by atoms with E-state index in [9.17, 15) is 13.2 Å². The van der Waals surface area contributed by atoms with Gasteiger partial charge in [0.2, 0.25) is 10.0 Å². The van der Waals surface area contributed by atoms with Gasteiger partial charge in [-0.15, -0.1) is 0 Å². The molecule has 2 aromatic rings. The van der Waals surface area contributed by atoms with E-state index in [0.717, 1.165) is 10.2 Å². The second kappa shape index (κ2) is 6.40. The topological polar surface area (TPSA) is 101 Å². The maximum Gasteiger partial charge on any atom is 0.325 e. The van der Waals surface area contributed by atoms with E-state index in [1.165, 1.54) is 12.4 Å². The van der Waals surface area contributed by atoms with Gasteiger partial charge < -0.3 is 5.11 Å². The van der Waals surface area contributed by atoms with E-state index in [4.69, 9.17) is 5.11 Å². The van der Waals surface area contributed by atoms with Gasteiger partial charge in [-0.05, 0) is 12.0 Å². The van der Waals surface area contributed by atoms with Crippen LogP contribution in [-0.4, -0.2) is 35.0 Å². The molecule has 0 unspecified atom stereocenters. The summed E-state index contributed by atoms with van der Waals surface area (Å²) in [6.07, 6.45) is 3.02. The number of carboxylic acids is 1. The molecule has 0 atom stereocenters. The summed E-state index contributed by atoms with van der Waals surface area (Å²) in [5.41, 5.74) is 1.19. The first-order valence-corrected chi connectivity index (χ1v) is 7.88. The number of aryl methyl sites for hydroxylation is 1. The zero-order chi connectivity index (χ0) is 15.3. The van der Waals surface area contributed by atoms with Gasteiger partial charge in [0, 0.05) is 6.20 Å². The quantitative estimate of drug-likeness (QED) is 0.793. The average molecular weight is 309 g/mol. The van der Waals surface area contributed by atoms with Gasteiger partial charge in [-0.25, -0.2) is 8.42 Å². The smallest absolute Gasteiger partial charge is 0.325 e. The number of aromatic nitrogens is 2. The van der Waals surface area contributed by atoms with Crippen molar-refractivity contribution >= 4 is 21.7 Å². The molecule has 7 nitrogen and oxygen atoms in total. The first kappa shape index (κ1) is 15.0. The zero-order valence-corrected chi connectivity index (χ0v) is 12.0. The third kappa shape index (κ3) is 4.92. The van der Waals surface area contributed by atoms with Crippen molar-refractivity contribution in [3.63, 3.8) is 0 Å². The molecule has 0 aliphatic carbocycles. The first-order valence-electron chi connectivity index (χ1n) is 6.23. The Balaban J connectivity index is 1.94. The van der Waals surface area contributed by atoms with Crippen LogP contribution in [0.4, 0.5) is 5.69 Å².